The van der Waals surface area contributed by atoms with Gasteiger partial charge in [0.05, 0.1) is 5.69 Å². The lowest BCUT2D eigenvalue weighted by molar-refractivity contribution is 0.0940. The van der Waals surface area contributed by atoms with Crippen molar-refractivity contribution in [2.75, 3.05) is 18.0 Å². The summed E-state index contributed by atoms with van der Waals surface area (Å²) < 4.78 is 13.1. The molecule has 1 aliphatic rings. The van der Waals surface area contributed by atoms with Gasteiger partial charge in [0, 0.05) is 47.9 Å². The number of amides is 1. The van der Waals surface area contributed by atoms with Crippen molar-refractivity contribution in [1.82, 2.24) is 20.5 Å². The van der Waals surface area contributed by atoms with Crippen LogP contribution in [0.2, 0.25) is 0 Å². The van der Waals surface area contributed by atoms with E-state index in [1.54, 1.807) is 12.1 Å². The topological polar surface area (TPSA) is 76.8 Å². The molecular weight excluding hydrogens is 369 g/mol. The van der Waals surface area contributed by atoms with Crippen molar-refractivity contribution in [3.63, 3.8) is 0 Å². The third-order valence-electron chi connectivity index (χ3n) is 5.38. The Morgan fingerprint density at radius 2 is 2.00 bits per heavy atom. The van der Waals surface area contributed by atoms with Crippen molar-refractivity contribution in [1.29, 1.82) is 0 Å². The average Bonchev–Trinajstić information content (AvgIpc) is 3.48. The number of H-pyrrole nitrogens is 2. The molecule has 0 spiro atoms. The summed E-state index contributed by atoms with van der Waals surface area (Å²) in [6.07, 6.45) is 2.72. The molecule has 2 aromatic heterocycles. The number of nitrogens with zero attached hydrogens (tertiary/aromatic N) is 2. The van der Waals surface area contributed by atoms with Gasteiger partial charge in [-0.25, -0.2) is 4.39 Å². The molecule has 7 heteroatoms. The van der Waals surface area contributed by atoms with Crippen molar-refractivity contribution in [3.05, 3.63) is 72.2 Å². The minimum absolute atomic E-state index is 0.0611. The average molecular weight is 389 g/mol. The van der Waals surface area contributed by atoms with Crippen LogP contribution in [0.1, 0.15) is 16.8 Å². The number of fused-ring (bicyclic) bond motifs is 1. The Morgan fingerprint density at radius 1 is 1.14 bits per heavy atom. The molecule has 3 heterocycles. The molecule has 1 amide bonds. The van der Waals surface area contributed by atoms with Crippen LogP contribution < -0.4 is 10.2 Å². The molecule has 0 unspecified atom stereocenters. The minimum Gasteiger partial charge on any atom is -0.361 e. The third-order valence-corrected chi connectivity index (χ3v) is 5.38. The van der Waals surface area contributed by atoms with E-state index < -0.39 is 0 Å². The summed E-state index contributed by atoms with van der Waals surface area (Å²) in [7, 11) is 0. The first-order valence-corrected chi connectivity index (χ1v) is 9.60. The van der Waals surface area contributed by atoms with Crippen LogP contribution >= 0.6 is 0 Å². The van der Waals surface area contributed by atoms with Gasteiger partial charge in [-0.3, -0.25) is 9.89 Å². The zero-order chi connectivity index (χ0) is 19.8. The van der Waals surface area contributed by atoms with Gasteiger partial charge in [-0.15, -0.1) is 0 Å². The Bertz CT molecular complexity index is 1160. The van der Waals surface area contributed by atoms with E-state index in [9.17, 15) is 9.18 Å². The van der Waals surface area contributed by atoms with Gasteiger partial charge in [-0.05, 0) is 60.5 Å². The molecule has 4 aromatic rings. The van der Waals surface area contributed by atoms with E-state index in [4.69, 9.17) is 0 Å². The lowest BCUT2D eigenvalue weighted by Gasteiger charge is -2.16. The van der Waals surface area contributed by atoms with E-state index in [1.165, 1.54) is 12.1 Å². The van der Waals surface area contributed by atoms with Gasteiger partial charge in [-0.2, -0.15) is 5.10 Å². The van der Waals surface area contributed by atoms with E-state index in [1.807, 2.05) is 36.5 Å². The molecular formula is C22H20FN5O. The number of halogens is 1. The first kappa shape index (κ1) is 17.5. The van der Waals surface area contributed by atoms with E-state index >= 15 is 0 Å². The van der Waals surface area contributed by atoms with Crippen LogP contribution in [-0.2, 0) is 0 Å². The summed E-state index contributed by atoms with van der Waals surface area (Å²) in [4.78, 5) is 17.9. The second kappa shape index (κ2) is 7.09. The number of anilines is 1. The summed E-state index contributed by atoms with van der Waals surface area (Å²) >= 11 is 0. The maximum absolute atomic E-state index is 13.1. The predicted octanol–water partition coefficient (Wildman–Crippen LogP) is 3.71. The van der Waals surface area contributed by atoms with Gasteiger partial charge in [0.15, 0.2) is 5.82 Å². The number of rotatable bonds is 4. The Kier molecular flexibility index (Phi) is 4.27. The Labute approximate surface area is 166 Å². The monoisotopic (exact) mass is 389 g/mol. The van der Waals surface area contributed by atoms with Crippen LogP contribution in [0.25, 0.3) is 22.2 Å². The number of hydrogen-bond donors (Lipinski definition) is 3. The highest BCUT2D eigenvalue weighted by Gasteiger charge is 2.26. The normalized spacial score (nSPS) is 16.4. The number of nitrogens with one attached hydrogen (secondary N) is 3. The fourth-order valence-electron chi connectivity index (χ4n) is 3.80. The molecule has 6 nitrogen and oxygen atoms in total. The summed E-state index contributed by atoms with van der Waals surface area (Å²) in [5.74, 6) is 0.506. The van der Waals surface area contributed by atoms with Crippen LogP contribution in [0.3, 0.4) is 0 Å². The Balaban J connectivity index is 1.24. The molecule has 1 saturated heterocycles. The van der Waals surface area contributed by atoms with E-state index in [-0.39, 0.29) is 17.8 Å². The van der Waals surface area contributed by atoms with Gasteiger partial charge in [0.25, 0.3) is 5.91 Å². The number of aromatic amines is 2. The Morgan fingerprint density at radius 3 is 2.86 bits per heavy atom. The zero-order valence-electron chi connectivity index (χ0n) is 15.7. The molecule has 1 fully saturated rings. The fraction of sp³-hybridized carbons (Fsp3) is 0.182. The largest absolute Gasteiger partial charge is 0.361 e. The number of hydrogen-bond acceptors (Lipinski definition) is 3. The van der Waals surface area contributed by atoms with Crippen LogP contribution in [0, 0.1) is 5.82 Å². The summed E-state index contributed by atoms with van der Waals surface area (Å²) in [6.45, 7) is 1.52. The molecule has 0 bridgehead atoms. The Hall–Kier alpha value is -3.61. The number of carbonyl (C=O) groups is 1. The smallest absolute Gasteiger partial charge is 0.251 e. The number of aromatic nitrogens is 3. The molecule has 0 aliphatic carbocycles. The lowest BCUT2D eigenvalue weighted by atomic mass is 10.1. The van der Waals surface area contributed by atoms with Crippen LogP contribution in [-0.4, -0.2) is 40.2 Å². The zero-order valence-corrected chi connectivity index (χ0v) is 15.7. The highest BCUT2D eigenvalue weighted by Crippen LogP contribution is 2.25. The van der Waals surface area contributed by atoms with E-state index in [0.29, 0.717) is 12.1 Å². The predicted molar refractivity (Wildman–Crippen MR) is 110 cm³/mol. The molecule has 29 heavy (non-hydrogen) atoms. The lowest BCUT2D eigenvalue weighted by Crippen LogP contribution is -2.37. The van der Waals surface area contributed by atoms with Crippen molar-refractivity contribution < 1.29 is 9.18 Å². The SMILES string of the molecule is O=C(N[C@@H]1CCN(c2cc(-c3ccc(F)cc3)[nH]n2)C1)c1ccc2[nH]ccc2c1. The molecule has 5 rings (SSSR count). The molecule has 0 radical (unpaired) electrons. The number of carbonyl (C=O) groups excluding carboxylic acids is 1. The first-order chi connectivity index (χ1) is 14.2. The molecule has 2 aromatic carbocycles. The van der Waals surface area contributed by atoms with Crippen molar-refractivity contribution >= 4 is 22.6 Å². The van der Waals surface area contributed by atoms with Crippen molar-refractivity contribution in [2.45, 2.75) is 12.5 Å². The van der Waals surface area contributed by atoms with Gasteiger partial charge in [-0.1, -0.05) is 0 Å². The fourth-order valence-corrected chi connectivity index (χ4v) is 3.80. The second-order valence-corrected chi connectivity index (χ2v) is 7.33. The molecule has 146 valence electrons. The van der Waals surface area contributed by atoms with Crippen molar-refractivity contribution in [2.24, 2.45) is 0 Å². The summed E-state index contributed by atoms with van der Waals surface area (Å²) in [5.41, 5.74) is 3.40. The molecule has 0 saturated carbocycles. The standard InChI is InChI=1S/C22H20FN5O/c23-17-4-1-14(2-5-17)20-12-21(27-26-20)28-10-8-18(13-28)25-22(29)16-3-6-19-15(11-16)7-9-24-19/h1-7,9,11-12,18,24H,8,10,13H2,(H,25,29)(H,26,27)/t18-/m1/s1. The quantitative estimate of drug-likeness (QED) is 0.498. The molecule has 1 atom stereocenters. The second-order valence-electron chi connectivity index (χ2n) is 7.33. The third kappa shape index (κ3) is 3.47. The van der Waals surface area contributed by atoms with Gasteiger partial charge in [0.1, 0.15) is 5.82 Å². The highest BCUT2D eigenvalue weighted by molar-refractivity contribution is 5.98. The highest BCUT2D eigenvalue weighted by atomic mass is 19.1. The van der Waals surface area contributed by atoms with Crippen LogP contribution in [0.4, 0.5) is 10.2 Å². The molecule has 1 aliphatic heterocycles. The van der Waals surface area contributed by atoms with Crippen LogP contribution in [0.5, 0.6) is 0 Å². The van der Waals surface area contributed by atoms with Crippen molar-refractivity contribution in [3.8, 4) is 11.3 Å². The summed E-state index contributed by atoms with van der Waals surface area (Å²) in [5, 5.41) is 11.5. The van der Waals surface area contributed by atoms with Crippen LogP contribution in [0.15, 0.2) is 60.8 Å². The first-order valence-electron chi connectivity index (χ1n) is 9.60. The minimum atomic E-state index is -0.262. The summed E-state index contributed by atoms with van der Waals surface area (Å²) in [6, 6.07) is 15.9. The van der Waals surface area contributed by atoms with E-state index in [2.05, 4.69) is 25.4 Å². The van der Waals surface area contributed by atoms with Gasteiger partial charge in [0.2, 0.25) is 0 Å². The maximum atomic E-state index is 13.1. The van der Waals surface area contributed by atoms with Gasteiger partial charge >= 0.3 is 0 Å². The maximum Gasteiger partial charge on any atom is 0.251 e. The van der Waals surface area contributed by atoms with E-state index in [0.717, 1.165) is 40.9 Å². The number of benzene rings is 2. The molecule has 3 N–H and O–H groups in total. The van der Waals surface area contributed by atoms with Gasteiger partial charge < -0.3 is 15.2 Å².